The Balaban J connectivity index is 2.56. The Bertz CT molecular complexity index is 222. The van der Waals surface area contributed by atoms with Crippen molar-refractivity contribution in [3.8, 4) is 0 Å². The van der Waals surface area contributed by atoms with Gasteiger partial charge in [-0.3, -0.25) is 9.69 Å². The molecule has 1 fully saturated rings. The second-order valence-electron chi connectivity index (χ2n) is 4.21. The SMILES string of the molecule is COCC(C(=O)O)N1CCCC1CCCO. The van der Waals surface area contributed by atoms with Crippen molar-refractivity contribution in [2.24, 2.45) is 0 Å². The van der Waals surface area contributed by atoms with Crippen LogP contribution < -0.4 is 0 Å². The average Bonchev–Trinajstić information content (AvgIpc) is 2.70. The maximum atomic E-state index is 11.1. The van der Waals surface area contributed by atoms with Crippen LogP contribution in [0.2, 0.25) is 0 Å². The quantitative estimate of drug-likeness (QED) is 0.660. The lowest BCUT2D eigenvalue weighted by atomic mass is 10.1. The highest BCUT2D eigenvalue weighted by Gasteiger charge is 2.34. The van der Waals surface area contributed by atoms with Gasteiger partial charge in [0.05, 0.1) is 6.61 Å². The van der Waals surface area contributed by atoms with Gasteiger partial charge in [-0.2, -0.15) is 0 Å². The molecule has 0 aliphatic carbocycles. The van der Waals surface area contributed by atoms with Gasteiger partial charge in [-0.1, -0.05) is 0 Å². The Kier molecular flexibility index (Phi) is 5.73. The fourth-order valence-corrected chi connectivity index (χ4v) is 2.37. The van der Waals surface area contributed by atoms with Gasteiger partial charge in [-0.25, -0.2) is 0 Å². The van der Waals surface area contributed by atoms with E-state index in [0.717, 1.165) is 32.2 Å². The zero-order chi connectivity index (χ0) is 12.0. The van der Waals surface area contributed by atoms with Crippen LogP contribution in [0.3, 0.4) is 0 Å². The summed E-state index contributed by atoms with van der Waals surface area (Å²) in [6, 6.07) is -0.264. The van der Waals surface area contributed by atoms with E-state index < -0.39 is 12.0 Å². The molecule has 1 rings (SSSR count). The molecule has 94 valence electrons. The Morgan fingerprint density at radius 2 is 2.38 bits per heavy atom. The molecule has 0 aromatic carbocycles. The standard InChI is InChI=1S/C11H21NO4/c1-16-8-10(11(14)15)12-6-2-4-9(12)5-3-7-13/h9-10,13H,2-8H2,1H3,(H,14,15). The van der Waals surface area contributed by atoms with Crippen LogP contribution >= 0.6 is 0 Å². The third-order valence-corrected chi connectivity index (χ3v) is 3.13. The molecule has 0 spiro atoms. The smallest absolute Gasteiger partial charge is 0.323 e. The number of likely N-dealkylation sites (tertiary alicyclic amines) is 1. The molecule has 0 aromatic rings. The number of methoxy groups -OCH3 is 1. The summed E-state index contributed by atoms with van der Waals surface area (Å²) in [4.78, 5) is 13.1. The minimum Gasteiger partial charge on any atom is -0.480 e. The number of hydrogen-bond acceptors (Lipinski definition) is 4. The first-order chi connectivity index (χ1) is 7.70. The first-order valence-corrected chi connectivity index (χ1v) is 5.79. The predicted octanol–water partition coefficient (Wildman–Crippen LogP) is 0.323. The molecule has 2 unspecified atom stereocenters. The topological polar surface area (TPSA) is 70.0 Å². The van der Waals surface area contributed by atoms with Gasteiger partial charge in [0.25, 0.3) is 0 Å². The Labute approximate surface area is 96.0 Å². The zero-order valence-corrected chi connectivity index (χ0v) is 9.76. The molecule has 2 atom stereocenters. The van der Waals surface area contributed by atoms with Crippen LogP contribution in [0.4, 0.5) is 0 Å². The number of aliphatic hydroxyl groups is 1. The second kappa shape index (κ2) is 6.83. The van der Waals surface area contributed by atoms with Gasteiger partial charge in [0, 0.05) is 19.8 Å². The van der Waals surface area contributed by atoms with Gasteiger partial charge >= 0.3 is 5.97 Å². The van der Waals surface area contributed by atoms with Crippen molar-refractivity contribution in [2.75, 3.05) is 26.9 Å². The van der Waals surface area contributed by atoms with Crippen molar-refractivity contribution in [3.63, 3.8) is 0 Å². The molecule has 1 aliphatic heterocycles. The summed E-state index contributed by atoms with van der Waals surface area (Å²) in [6.45, 7) is 1.22. The molecule has 5 heteroatoms. The summed E-state index contributed by atoms with van der Waals surface area (Å²) in [5, 5.41) is 17.9. The van der Waals surface area contributed by atoms with Gasteiger partial charge < -0.3 is 14.9 Å². The lowest BCUT2D eigenvalue weighted by Gasteiger charge is -2.29. The van der Waals surface area contributed by atoms with Gasteiger partial charge in [-0.05, 0) is 32.2 Å². The van der Waals surface area contributed by atoms with E-state index >= 15 is 0 Å². The fraction of sp³-hybridized carbons (Fsp3) is 0.909. The number of aliphatic carboxylic acids is 1. The van der Waals surface area contributed by atoms with Crippen LogP contribution in [0.5, 0.6) is 0 Å². The van der Waals surface area contributed by atoms with E-state index in [9.17, 15) is 4.79 Å². The van der Waals surface area contributed by atoms with Crippen molar-refractivity contribution in [3.05, 3.63) is 0 Å². The van der Waals surface area contributed by atoms with Crippen LogP contribution in [0.25, 0.3) is 0 Å². The number of aliphatic hydroxyl groups excluding tert-OH is 1. The lowest BCUT2D eigenvalue weighted by molar-refractivity contribution is -0.145. The molecule has 2 N–H and O–H groups in total. The molecule has 1 aliphatic rings. The maximum absolute atomic E-state index is 11.1. The highest BCUT2D eigenvalue weighted by molar-refractivity contribution is 5.73. The highest BCUT2D eigenvalue weighted by Crippen LogP contribution is 2.24. The first kappa shape index (κ1) is 13.4. The number of rotatable bonds is 7. The van der Waals surface area contributed by atoms with E-state index in [2.05, 4.69) is 0 Å². The predicted molar refractivity (Wildman–Crippen MR) is 59.3 cm³/mol. The number of carbonyl (C=O) groups is 1. The number of carboxylic acid groups (broad SMARTS) is 1. The van der Waals surface area contributed by atoms with Crippen molar-refractivity contribution < 1.29 is 19.7 Å². The summed E-state index contributed by atoms with van der Waals surface area (Å²) < 4.78 is 4.96. The number of carboxylic acids is 1. The molecule has 5 nitrogen and oxygen atoms in total. The van der Waals surface area contributed by atoms with Crippen molar-refractivity contribution in [1.29, 1.82) is 0 Å². The summed E-state index contributed by atoms with van der Waals surface area (Å²) >= 11 is 0. The molecule has 1 heterocycles. The maximum Gasteiger partial charge on any atom is 0.323 e. The molecule has 0 saturated carbocycles. The normalized spacial score (nSPS) is 23.5. The van der Waals surface area contributed by atoms with Crippen LogP contribution in [-0.4, -0.2) is 60.0 Å². The second-order valence-corrected chi connectivity index (χ2v) is 4.21. The van der Waals surface area contributed by atoms with Crippen LogP contribution in [-0.2, 0) is 9.53 Å². The first-order valence-electron chi connectivity index (χ1n) is 5.79. The zero-order valence-electron chi connectivity index (χ0n) is 9.76. The summed E-state index contributed by atoms with van der Waals surface area (Å²) in [7, 11) is 1.52. The lowest BCUT2D eigenvalue weighted by Crippen LogP contribution is -2.46. The van der Waals surface area contributed by atoms with Gasteiger partial charge in [0.1, 0.15) is 6.04 Å². The number of ether oxygens (including phenoxy) is 1. The third-order valence-electron chi connectivity index (χ3n) is 3.13. The van der Waals surface area contributed by atoms with Gasteiger partial charge in [0.2, 0.25) is 0 Å². The van der Waals surface area contributed by atoms with Crippen LogP contribution in [0, 0.1) is 0 Å². The van der Waals surface area contributed by atoms with E-state index in [0.29, 0.717) is 0 Å². The molecular weight excluding hydrogens is 210 g/mol. The Morgan fingerprint density at radius 1 is 1.62 bits per heavy atom. The molecule has 0 amide bonds. The fourth-order valence-electron chi connectivity index (χ4n) is 2.37. The monoisotopic (exact) mass is 231 g/mol. The molecule has 0 bridgehead atoms. The Morgan fingerprint density at radius 3 is 2.94 bits per heavy atom. The van der Waals surface area contributed by atoms with E-state index in [1.165, 1.54) is 7.11 Å². The molecule has 16 heavy (non-hydrogen) atoms. The summed E-state index contributed by atoms with van der Waals surface area (Å²) in [5.74, 6) is -0.822. The Hall–Kier alpha value is -0.650. The van der Waals surface area contributed by atoms with Crippen LogP contribution in [0.15, 0.2) is 0 Å². The summed E-state index contributed by atoms with van der Waals surface area (Å²) in [5.41, 5.74) is 0. The van der Waals surface area contributed by atoms with Crippen molar-refractivity contribution >= 4 is 5.97 Å². The van der Waals surface area contributed by atoms with Gasteiger partial charge in [-0.15, -0.1) is 0 Å². The van der Waals surface area contributed by atoms with E-state index in [-0.39, 0.29) is 19.3 Å². The van der Waals surface area contributed by atoms with Crippen molar-refractivity contribution in [1.82, 2.24) is 4.90 Å². The van der Waals surface area contributed by atoms with E-state index in [1.807, 2.05) is 4.90 Å². The van der Waals surface area contributed by atoms with E-state index in [4.69, 9.17) is 14.9 Å². The summed E-state index contributed by atoms with van der Waals surface area (Å²) in [6.07, 6.45) is 3.65. The molecule has 1 saturated heterocycles. The van der Waals surface area contributed by atoms with Gasteiger partial charge in [0.15, 0.2) is 0 Å². The highest BCUT2D eigenvalue weighted by atomic mass is 16.5. The molecule has 0 radical (unpaired) electrons. The minimum absolute atomic E-state index is 0.173. The van der Waals surface area contributed by atoms with E-state index in [1.54, 1.807) is 0 Å². The number of nitrogens with zero attached hydrogens (tertiary/aromatic N) is 1. The minimum atomic E-state index is -0.822. The molecule has 0 aromatic heterocycles. The average molecular weight is 231 g/mol. The van der Waals surface area contributed by atoms with Crippen molar-refractivity contribution in [2.45, 2.75) is 37.8 Å². The van der Waals surface area contributed by atoms with Crippen LogP contribution in [0.1, 0.15) is 25.7 Å². The largest absolute Gasteiger partial charge is 0.480 e. The number of hydrogen-bond donors (Lipinski definition) is 2. The third kappa shape index (κ3) is 3.43. The molecular formula is C11H21NO4.